The Morgan fingerprint density at radius 3 is 2.26 bits per heavy atom. The highest BCUT2D eigenvalue weighted by molar-refractivity contribution is 8.18. The third-order valence-electron chi connectivity index (χ3n) is 5.69. The molecular weight excluding hydrogens is 458 g/mol. The number of carboxylic acid groups (broad SMARTS) is 1. The van der Waals surface area contributed by atoms with Crippen LogP contribution >= 0.6 is 11.8 Å². The van der Waals surface area contributed by atoms with Gasteiger partial charge in [0.15, 0.2) is 5.17 Å². The van der Waals surface area contributed by atoms with Gasteiger partial charge in [-0.05, 0) is 65.7 Å². The summed E-state index contributed by atoms with van der Waals surface area (Å²) in [6, 6.07) is 23.7. The van der Waals surface area contributed by atoms with Crippen LogP contribution in [0.5, 0.6) is 0 Å². The molecule has 1 aliphatic heterocycles. The quantitative estimate of drug-likeness (QED) is 0.448. The number of benzene rings is 3. The molecule has 1 N–H and O–H groups in total. The Kier molecular flexibility index (Phi) is 7.36. The maximum Gasteiger partial charge on any atom is 0.307 e. The number of amidine groups is 1. The van der Waals surface area contributed by atoms with E-state index in [4.69, 9.17) is 5.11 Å². The van der Waals surface area contributed by atoms with E-state index in [1.807, 2.05) is 18.2 Å². The van der Waals surface area contributed by atoms with Crippen molar-refractivity contribution in [3.05, 3.63) is 100.0 Å². The molecule has 1 amide bonds. The summed E-state index contributed by atoms with van der Waals surface area (Å²) in [6.45, 7) is 2.90. The largest absolute Gasteiger partial charge is 0.481 e. The molecule has 178 valence electrons. The van der Waals surface area contributed by atoms with Gasteiger partial charge in [-0.1, -0.05) is 54.1 Å². The second kappa shape index (κ2) is 10.6. The lowest BCUT2D eigenvalue weighted by atomic mass is 10.1. The smallest absolute Gasteiger partial charge is 0.307 e. The second-order valence-corrected chi connectivity index (χ2v) is 9.55. The van der Waals surface area contributed by atoms with Gasteiger partial charge in [0.1, 0.15) is 0 Å². The van der Waals surface area contributed by atoms with Crippen LogP contribution in [0.3, 0.4) is 0 Å². The van der Waals surface area contributed by atoms with Gasteiger partial charge >= 0.3 is 5.97 Å². The van der Waals surface area contributed by atoms with Crippen molar-refractivity contribution in [1.29, 1.82) is 0 Å². The molecular formula is C28H27N3O3S. The fourth-order valence-corrected chi connectivity index (χ4v) is 4.65. The van der Waals surface area contributed by atoms with Crippen LogP contribution in [0.25, 0.3) is 6.08 Å². The predicted molar refractivity (Wildman–Crippen MR) is 143 cm³/mol. The van der Waals surface area contributed by atoms with Crippen LogP contribution in [0, 0.1) is 6.92 Å². The maximum absolute atomic E-state index is 12.8. The first-order chi connectivity index (χ1) is 16.8. The lowest BCUT2D eigenvalue weighted by Gasteiger charge is -2.19. The van der Waals surface area contributed by atoms with Crippen LogP contribution in [-0.2, 0) is 22.6 Å². The standard InChI is InChI=1S/C28H27N3O3S/c1-19-4-6-22(7-5-19)18-30(2)24-14-10-20(11-15-24)16-25-27(34)31(3)28(35-25)29-23-12-8-21(9-13-23)17-26(32)33/h4-16H,17-18H2,1-3H3,(H,32,33). The molecule has 1 saturated heterocycles. The molecule has 0 atom stereocenters. The van der Waals surface area contributed by atoms with E-state index in [1.54, 1.807) is 31.3 Å². The third kappa shape index (κ3) is 6.19. The van der Waals surface area contributed by atoms with Crippen molar-refractivity contribution in [2.24, 2.45) is 4.99 Å². The first-order valence-corrected chi connectivity index (χ1v) is 12.0. The summed E-state index contributed by atoms with van der Waals surface area (Å²) in [7, 11) is 3.77. The van der Waals surface area contributed by atoms with E-state index in [-0.39, 0.29) is 12.3 Å². The van der Waals surface area contributed by atoms with E-state index >= 15 is 0 Å². The van der Waals surface area contributed by atoms with Crippen LogP contribution in [0.15, 0.2) is 82.7 Å². The number of anilines is 1. The van der Waals surface area contributed by atoms with Crippen LogP contribution in [0.1, 0.15) is 22.3 Å². The molecule has 1 heterocycles. The number of carbonyl (C=O) groups excluding carboxylic acids is 1. The topological polar surface area (TPSA) is 73.2 Å². The average molecular weight is 486 g/mol. The lowest BCUT2D eigenvalue weighted by molar-refractivity contribution is -0.136. The molecule has 4 rings (SSSR count). The van der Waals surface area contributed by atoms with E-state index in [1.165, 1.54) is 27.8 Å². The van der Waals surface area contributed by atoms with Gasteiger partial charge in [0, 0.05) is 26.3 Å². The summed E-state index contributed by atoms with van der Waals surface area (Å²) in [4.78, 5) is 32.5. The number of nitrogens with zero attached hydrogens (tertiary/aromatic N) is 3. The number of hydrogen-bond donors (Lipinski definition) is 1. The zero-order chi connectivity index (χ0) is 24.9. The Balaban J connectivity index is 1.44. The van der Waals surface area contributed by atoms with Gasteiger partial charge in [-0.3, -0.25) is 14.5 Å². The molecule has 3 aromatic carbocycles. The van der Waals surface area contributed by atoms with Gasteiger partial charge in [-0.2, -0.15) is 0 Å². The molecule has 35 heavy (non-hydrogen) atoms. The third-order valence-corrected chi connectivity index (χ3v) is 6.75. The number of thioether (sulfide) groups is 1. The van der Waals surface area contributed by atoms with E-state index < -0.39 is 5.97 Å². The van der Waals surface area contributed by atoms with Gasteiger partial charge in [0.05, 0.1) is 17.0 Å². The fraction of sp³-hybridized carbons (Fsp3) is 0.179. The van der Waals surface area contributed by atoms with Gasteiger partial charge in [0.25, 0.3) is 5.91 Å². The molecule has 3 aromatic rings. The summed E-state index contributed by atoms with van der Waals surface area (Å²) < 4.78 is 0. The minimum atomic E-state index is -0.874. The summed E-state index contributed by atoms with van der Waals surface area (Å²) >= 11 is 1.33. The molecule has 7 heteroatoms. The number of hydrogen-bond acceptors (Lipinski definition) is 5. The Labute approximate surface area is 209 Å². The van der Waals surface area contributed by atoms with E-state index in [0.717, 1.165) is 17.8 Å². The van der Waals surface area contributed by atoms with Crippen molar-refractivity contribution in [2.45, 2.75) is 19.9 Å². The molecule has 0 saturated carbocycles. The Bertz CT molecular complexity index is 1280. The van der Waals surface area contributed by atoms with E-state index in [9.17, 15) is 9.59 Å². The number of carbonyl (C=O) groups is 2. The summed E-state index contributed by atoms with van der Waals surface area (Å²) in [6.07, 6.45) is 1.85. The zero-order valence-corrected chi connectivity index (χ0v) is 20.7. The van der Waals surface area contributed by atoms with Gasteiger partial charge in [-0.15, -0.1) is 0 Å². The first-order valence-electron chi connectivity index (χ1n) is 11.2. The van der Waals surface area contributed by atoms with Gasteiger partial charge < -0.3 is 10.0 Å². The Morgan fingerprint density at radius 1 is 1.00 bits per heavy atom. The number of aliphatic imine (C=N–C) groups is 1. The average Bonchev–Trinajstić information content (AvgIpc) is 3.09. The Morgan fingerprint density at radius 2 is 1.63 bits per heavy atom. The SMILES string of the molecule is Cc1ccc(CN(C)c2ccc(C=C3SC(=Nc4ccc(CC(=O)O)cc4)N(C)C3=O)cc2)cc1. The first kappa shape index (κ1) is 24.3. The summed E-state index contributed by atoms with van der Waals surface area (Å²) in [5.41, 5.74) is 5.93. The monoisotopic (exact) mass is 485 g/mol. The fourth-order valence-electron chi connectivity index (χ4n) is 3.66. The zero-order valence-electron chi connectivity index (χ0n) is 19.9. The number of aliphatic carboxylic acids is 1. The minimum absolute atomic E-state index is 0.0303. The molecule has 0 aromatic heterocycles. The normalized spacial score (nSPS) is 15.7. The number of amides is 1. The molecule has 6 nitrogen and oxygen atoms in total. The highest BCUT2D eigenvalue weighted by Gasteiger charge is 2.30. The van der Waals surface area contributed by atoms with Crippen molar-refractivity contribution < 1.29 is 14.7 Å². The molecule has 0 radical (unpaired) electrons. The number of likely N-dealkylation sites (N-methyl/N-ethyl adjacent to an activating group) is 1. The predicted octanol–water partition coefficient (Wildman–Crippen LogP) is 5.49. The summed E-state index contributed by atoms with van der Waals surface area (Å²) in [5.74, 6) is -0.974. The van der Waals surface area contributed by atoms with E-state index in [0.29, 0.717) is 21.3 Å². The highest BCUT2D eigenvalue weighted by atomic mass is 32.2. The molecule has 0 aliphatic carbocycles. The minimum Gasteiger partial charge on any atom is -0.481 e. The van der Waals surface area contributed by atoms with Crippen molar-refractivity contribution in [3.63, 3.8) is 0 Å². The molecule has 0 spiro atoms. The van der Waals surface area contributed by atoms with Crippen LogP contribution in [0.2, 0.25) is 0 Å². The Hall–Kier alpha value is -3.84. The molecule has 0 bridgehead atoms. The number of carboxylic acids is 1. The van der Waals surface area contributed by atoms with Crippen molar-refractivity contribution in [3.8, 4) is 0 Å². The second-order valence-electron chi connectivity index (χ2n) is 8.54. The maximum atomic E-state index is 12.8. The van der Waals surface area contributed by atoms with Crippen molar-refractivity contribution in [1.82, 2.24) is 4.90 Å². The van der Waals surface area contributed by atoms with Gasteiger partial charge in [0.2, 0.25) is 0 Å². The van der Waals surface area contributed by atoms with Crippen molar-refractivity contribution >= 4 is 46.3 Å². The lowest BCUT2D eigenvalue weighted by Crippen LogP contribution is -2.23. The van der Waals surface area contributed by atoms with Gasteiger partial charge in [-0.25, -0.2) is 4.99 Å². The molecule has 0 unspecified atom stereocenters. The van der Waals surface area contributed by atoms with Crippen LogP contribution < -0.4 is 4.90 Å². The number of aryl methyl sites for hydroxylation is 1. The summed E-state index contributed by atoms with van der Waals surface area (Å²) in [5, 5.41) is 9.49. The number of rotatable bonds is 7. The highest BCUT2D eigenvalue weighted by Crippen LogP contribution is 2.33. The van der Waals surface area contributed by atoms with Crippen molar-refractivity contribution in [2.75, 3.05) is 19.0 Å². The molecule has 1 aliphatic rings. The van der Waals surface area contributed by atoms with Crippen LogP contribution in [0.4, 0.5) is 11.4 Å². The molecule has 1 fully saturated rings. The van der Waals surface area contributed by atoms with E-state index in [2.05, 4.69) is 60.3 Å². The van der Waals surface area contributed by atoms with Crippen LogP contribution in [-0.4, -0.2) is 41.1 Å².